The quantitative estimate of drug-likeness (QED) is 0.900. The summed E-state index contributed by atoms with van der Waals surface area (Å²) in [6, 6.07) is 0.636. The fourth-order valence-electron chi connectivity index (χ4n) is 2.56. The van der Waals surface area contributed by atoms with Crippen molar-refractivity contribution in [3.05, 3.63) is 17.2 Å². The van der Waals surface area contributed by atoms with Crippen molar-refractivity contribution in [1.82, 2.24) is 14.9 Å². The van der Waals surface area contributed by atoms with Gasteiger partial charge in [0.15, 0.2) is 0 Å². The summed E-state index contributed by atoms with van der Waals surface area (Å²) in [5, 5.41) is 4.30. The van der Waals surface area contributed by atoms with Gasteiger partial charge in [0, 0.05) is 13.1 Å². The van der Waals surface area contributed by atoms with Crippen LogP contribution in [-0.4, -0.2) is 15.6 Å². The zero-order chi connectivity index (χ0) is 12.4. The minimum Gasteiger partial charge on any atom is -0.321 e. The number of halogens is 1. The predicted octanol–water partition coefficient (Wildman–Crippen LogP) is 2.99. The summed E-state index contributed by atoms with van der Waals surface area (Å²) in [4.78, 5) is 4.30. The summed E-state index contributed by atoms with van der Waals surface area (Å²) in [7, 11) is 1.96. The molecule has 3 unspecified atom stereocenters. The fraction of sp³-hybridized carbons (Fsp3) is 0.769. The molecule has 1 aliphatic carbocycles. The Labute approximate surface area is 109 Å². The fourth-order valence-corrected chi connectivity index (χ4v) is 2.70. The molecule has 1 aromatic rings. The van der Waals surface area contributed by atoms with Gasteiger partial charge in [0.05, 0.1) is 12.7 Å². The number of imidazole rings is 1. The summed E-state index contributed by atoms with van der Waals surface area (Å²) < 4.78 is 1.93. The third-order valence-corrected chi connectivity index (χ3v) is 4.53. The SMILES string of the molecule is CC1CCC(NCc2ncc(Cl)n2C)CC1C. The summed E-state index contributed by atoms with van der Waals surface area (Å²) in [6.07, 6.45) is 5.60. The highest BCUT2D eigenvalue weighted by Crippen LogP contribution is 2.29. The van der Waals surface area contributed by atoms with Gasteiger partial charge in [0.2, 0.25) is 0 Å². The highest BCUT2D eigenvalue weighted by Gasteiger charge is 2.24. The molecule has 1 aliphatic rings. The summed E-state index contributed by atoms with van der Waals surface area (Å²) >= 11 is 5.97. The molecule has 1 aromatic heterocycles. The second-order valence-electron chi connectivity index (χ2n) is 5.40. The Hall–Kier alpha value is -0.540. The maximum atomic E-state index is 5.97. The van der Waals surface area contributed by atoms with Crippen LogP contribution in [0.2, 0.25) is 5.15 Å². The van der Waals surface area contributed by atoms with Crippen molar-refractivity contribution in [2.24, 2.45) is 18.9 Å². The van der Waals surface area contributed by atoms with E-state index in [4.69, 9.17) is 11.6 Å². The number of nitrogens with zero attached hydrogens (tertiary/aromatic N) is 2. The number of rotatable bonds is 3. The van der Waals surface area contributed by atoms with Crippen LogP contribution in [0.3, 0.4) is 0 Å². The Morgan fingerprint density at radius 1 is 1.41 bits per heavy atom. The van der Waals surface area contributed by atoms with E-state index in [2.05, 4.69) is 24.1 Å². The van der Waals surface area contributed by atoms with Crippen LogP contribution in [-0.2, 0) is 13.6 Å². The maximum Gasteiger partial charge on any atom is 0.128 e. The highest BCUT2D eigenvalue weighted by atomic mass is 35.5. The zero-order valence-electron chi connectivity index (χ0n) is 10.9. The first-order valence-corrected chi connectivity index (χ1v) is 6.85. The van der Waals surface area contributed by atoms with Crippen molar-refractivity contribution in [3.8, 4) is 0 Å². The topological polar surface area (TPSA) is 29.9 Å². The van der Waals surface area contributed by atoms with Crippen LogP contribution in [0, 0.1) is 11.8 Å². The van der Waals surface area contributed by atoms with Crippen molar-refractivity contribution in [3.63, 3.8) is 0 Å². The van der Waals surface area contributed by atoms with Gasteiger partial charge >= 0.3 is 0 Å². The lowest BCUT2D eigenvalue weighted by Gasteiger charge is -2.32. The minimum atomic E-state index is 0.636. The number of aromatic nitrogens is 2. The molecule has 0 radical (unpaired) electrons. The first kappa shape index (κ1) is 12.9. The van der Waals surface area contributed by atoms with Crippen LogP contribution in [0.15, 0.2) is 6.20 Å². The Bertz CT molecular complexity index is 375. The molecule has 17 heavy (non-hydrogen) atoms. The average Bonchev–Trinajstić information content (AvgIpc) is 2.62. The van der Waals surface area contributed by atoms with Crippen LogP contribution >= 0.6 is 11.6 Å². The molecule has 1 saturated carbocycles. The van der Waals surface area contributed by atoms with E-state index in [1.165, 1.54) is 19.3 Å². The molecule has 4 heteroatoms. The third kappa shape index (κ3) is 3.02. The minimum absolute atomic E-state index is 0.636. The summed E-state index contributed by atoms with van der Waals surface area (Å²) in [5.41, 5.74) is 0. The molecule has 3 nitrogen and oxygen atoms in total. The summed E-state index contributed by atoms with van der Waals surface area (Å²) in [6.45, 7) is 5.53. The van der Waals surface area contributed by atoms with Gasteiger partial charge < -0.3 is 9.88 Å². The zero-order valence-corrected chi connectivity index (χ0v) is 11.7. The third-order valence-electron chi connectivity index (χ3n) is 4.17. The van der Waals surface area contributed by atoms with Crippen LogP contribution in [0.5, 0.6) is 0 Å². The van der Waals surface area contributed by atoms with E-state index in [-0.39, 0.29) is 0 Å². The van der Waals surface area contributed by atoms with Gasteiger partial charge in [0.25, 0.3) is 0 Å². The number of hydrogen-bond donors (Lipinski definition) is 1. The molecule has 3 atom stereocenters. The van der Waals surface area contributed by atoms with Crippen molar-refractivity contribution in [2.45, 2.75) is 45.7 Å². The summed E-state index contributed by atoms with van der Waals surface area (Å²) in [5.74, 6) is 2.71. The van der Waals surface area contributed by atoms with Gasteiger partial charge in [-0.3, -0.25) is 0 Å². The van der Waals surface area contributed by atoms with Crippen molar-refractivity contribution >= 4 is 11.6 Å². The molecule has 0 bridgehead atoms. The molecule has 2 rings (SSSR count). The van der Waals surface area contributed by atoms with Crippen molar-refractivity contribution < 1.29 is 0 Å². The van der Waals surface area contributed by atoms with Crippen LogP contribution in [0.1, 0.15) is 38.9 Å². The highest BCUT2D eigenvalue weighted by molar-refractivity contribution is 6.29. The van der Waals surface area contributed by atoms with Crippen molar-refractivity contribution in [2.75, 3.05) is 0 Å². The molecule has 0 saturated heterocycles. The van der Waals surface area contributed by atoms with E-state index >= 15 is 0 Å². The van der Waals surface area contributed by atoms with Crippen molar-refractivity contribution in [1.29, 1.82) is 0 Å². The normalized spacial score (nSPS) is 29.5. The molecule has 0 spiro atoms. The smallest absolute Gasteiger partial charge is 0.128 e. The van der Waals surface area contributed by atoms with E-state index in [1.54, 1.807) is 6.20 Å². The van der Waals surface area contributed by atoms with E-state index in [9.17, 15) is 0 Å². The number of hydrogen-bond acceptors (Lipinski definition) is 2. The van der Waals surface area contributed by atoms with E-state index in [1.807, 2.05) is 11.6 Å². The van der Waals surface area contributed by atoms with E-state index in [0.29, 0.717) is 11.2 Å². The van der Waals surface area contributed by atoms with Gasteiger partial charge in [-0.15, -0.1) is 0 Å². The van der Waals surface area contributed by atoms with Gasteiger partial charge in [-0.1, -0.05) is 25.4 Å². The molecule has 0 aromatic carbocycles. The van der Waals surface area contributed by atoms with Crippen LogP contribution < -0.4 is 5.32 Å². The second-order valence-corrected chi connectivity index (χ2v) is 5.79. The monoisotopic (exact) mass is 255 g/mol. The molecule has 1 heterocycles. The van der Waals surface area contributed by atoms with Gasteiger partial charge in [-0.05, 0) is 31.1 Å². The predicted molar refractivity (Wildman–Crippen MR) is 71.0 cm³/mol. The number of nitrogens with one attached hydrogen (secondary N) is 1. The standard InChI is InChI=1S/C13H22ClN3/c1-9-4-5-11(6-10(9)2)15-8-13-16-7-12(14)17(13)3/h7,9-11,15H,4-6,8H2,1-3H3. The Morgan fingerprint density at radius 2 is 2.18 bits per heavy atom. The molecule has 96 valence electrons. The molecular weight excluding hydrogens is 234 g/mol. The molecular formula is C13H22ClN3. The van der Waals surface area contributed by atoms with Gasteiger partial charge in [-0.2, -0.15) is 0 Å². The second kappa shape index (κ2) is 5.40. The van der Waals surface area contributed by atoms with E-state index in [0.717, 1.165) is 24.2 Å². The largest absolute Gasteiger partial charge is 0.321 e. The lowest BCUT2D eigenvalue weighted by molar-refractivity contribution is 0.224. The Balaban J connectivity index is 1.85. The van der Waals surface area contributed by atoms with Crippen LogP contribution in [0.25, 0.3) is 0 Å². The lowest BCUT2D eigenvalue weighted by atomic mass is 9.79. The van der Waals surface area contributed by atoms with Crippen LogP contribution in [0.4, 0.5) is 0 Å². The van der Waals surface area contributed by atoms with Gasteiger partial charge in [-0.25, -0.2) is 4.98 Å². The molecule has 0 aliphatic heterocycles. The lowest BCUT2D eigenvalue weighted by Crippen LogP contribution is -2.36. The molecule has 0 amide bonds. The first-order valence-electron chi connectivity index (χ1n) is 6.47. The maximum absolute atomic E-state index is 5.97. The Kier molecular flexibility index (Phi) is 4.10. The Morgan fingerprint density at radius 3 is 2.76 bits per heavy atom. The van der Waals surface area contributed by atoms with Gasteiger partial charge in [0.1, 0.15) is 11.0 Å². The molecule has 1 N–H and O–H groups in total. The van der Waals surface area contributed by atoms with E-state index < -0.39 is 0 Å². The first-order chi connectivity index (χ1) is 8.08. The average molecular weight is 256 g/mol. The molecule has 1 fully saturated rings.